The van der Waals surface area contributed by atoms with Crippen molar-refractivity contribution in [2.45, 2.75) is 25.4 Å². The minimum atomic E-state index is 0.141. The van der Waals surface area contributed by atoms with Crippen LogP contribution in [0.25, 0.3) is 0 Å². The first-order valence-electron chi connectivity index (χ1n) is 4.54. The topological polar surface area (TPSA) is 41.6 Å². The number of nitrogens with zero attached hydrogens (tertiary/aromatic N) is 1. The van der Waals surface area contributed by atoms with Crippen LogP contribution < -0.4 is 5.32 Å². The molecule has 1 N–H and O–H groups in total. The molecule has 4 nitrogen and oxygen atoms in total. The summed E-state index contributed by atoms with van der Waals surface area (Å²) in [5, 5.41) is 4.72. The van der Waals surface area contributed by atoms with Gasteiger partial charge in [0.1, 0.15) is 0 Å². The lowest BCUT2D eigenvalue weighted by Crippen LogP contribution is -2.31. The summed E-state index contributed by atoms with van der Waals surface area (Å²) in [6.07, 6.45) is 2.83. The number of hydrogen-bond donors (Lipinski definition) is 1. The van der Waals surface area contributed by atoms with E-state index in [1.807, 2.05) is 0 Å². The van der Waals surface area contributed by atoms with Crippen molar-refractivity contribution in [3.8, 4) is 0 Å². The van der Waals surface area contributed by atoms with Crippen molar-refractivity contribution in [1.82, 2.24) is 10.4 Å². The van der Waals surface area contributed by atoms with Gasteiger partial charge in [-0.05, 0) is 19.4 Å². The maximum Gasteiger partial charge on any atom is 0.246 e. The predicted octanol–water partition coefficient (Wildman–Crippen LogP) is -0.0977. The predicted molar refractivity (Wildman–Crippen MR) is 43.3 cm³/mol. The molecule has 4 heteroatoms. The smallest absolute Gasteiger partial charge is 0.246 e. The first-order valence-corrected chi connectivity index (χ1v) is 4.54. The fourth-order valence-corrected chi connectivity index (χ4v) is 1.63. The van der Waals surface area contributed by atoms with Gasteiger partial charge in [-0.2, -0.15) is 0 Å². The summed E-state index contributed by atoms with van der Waals surface area (Å²) in [5.41, 5.74) is 0. The number of amides is 1. The third-order valence-corrected chi connectivity index (χ3v) is 2.32. The highest BCUT2D eigenvalue weighted by Crippen LogP contribution is 2.14. The third-order valence-electron chi connectivity index (χ3n) is 2.32. The van der Waals surface area contributed by atoms with E-state index in [1.54, 1.807) is 0 Å². The van der Waals surface area contributed by atoms with Crippen molar-refractivity contribution in [2.75, 3.05) is 19.6 Å². The molecule has 2 aliphatic heterocycles. The lowest BCUT2D eigenvalue weighted by Gasteiger charge is -2.19. The number of hydroxylamine groups is 2. The number of nitrogens with one attached hydrogen (secondary N) is 1. The fraction of sp³-hybridized carbons (Fsp3) is 0.875. The molecule has 0 saturated carbocycles. The Balaban J connectivity index is 1.81. The van der Waals surface area contributed by atoms with E-state index >= 15 is 0 Å². The molecule has 0 spiro atoms. The molecular weight excluding hydrogens is 156 g/mol. The Morgan fingerprint density at radius 3 is 3.08 bits per heavy atom. The molecule has 0 aromatic heterocycles. The van der Waals surface area contributed by atoms with Crippen LogP contribution in [0.2, 0.25) is 0 Å². The number of hydrogen-bond acceptors (Lipinski definition) is 3. The summed E-state index contributed by atoms with van der Waals surface area (Å²) >= 11 is 0. The fourth-order valence-electron chi connectivity index (χ4n) is 1.63. The van der Waals surface area contributed by atoms with Crippen LogP contribution in [0.5, 0.6) is 0 Å². The van der Waals surface area contributed by atoms with Crippen molar-refractivity contribution in [1.29, 1.82) is 0 Å². The van der Waals surface area contributed by atoms with Gasteiger partial charge in [-0.3, -0.25) is 9.63 Å². The van der Waals surface area contributed by atoms with E-state index in [-0.39, 0.29) is 12.0 Å². The largest absolute Gasteiger partial charge is 0.314 e. The molecule has 1 amide bonds. The van der Waals surface area contributed by atoms with Crippen molar-refractivity contribution in [2.24, 2.45) is 0 Å². The van der Waals surface area contributed by atoms with Crippen LogP contribution in [0.4, 0.5) is 0 Å². The lowest BCUT2D eigenvalue weighted by atomic mass is 10.3. The van der Waals surface area contributed by atoms with Gasteiger partial charge in [0.2, 0.25) is 5.91 Å². The third kappa shape index (κ3) is 1.59. The molecule has 2 heterocycles. The van der Waals surface area contributed by atoms with Crippen molar-refractivity contribution < 1.29 is 9.63 Å². The average Bonchev–Trinajstić information content (AvgIpc) is 2.65. The summed E-state index contributed by atoms with van der Waals surface area (Å²) in [5.74, 6) is 0.141. The zero-order valence-corrected chi connectivity index (χ0v) is 7.08. The highest BCUT2D eigenvalue weighted by atomic mass is 16.7. The molecule has 1 unspecified atom stereocenters. The first kappa shape index (κ1) is 8.01. The molecule has 2 aliphatic rings. The van der Waals surface area contributed by atoms with E-state index in [0.717, 1.165) is 32.5 Å². The van der Waals surface area contributed by atoms with Crippen LogP contribution in [0.15, 0.2) is 0 Å². The van der Waals surface area contributed by atoms with Gasteiger partial charge in [0, 0.05) is 19.5 Å². The first-order chi connectivity index (χ1) is 5.86. The van der Waals surface area contributed by atoms with Crippen LogP contribution in [-0.4, -0.2) is 36.7 Å². The van der Waals surface area contributed by atoms with Gasteiger partial charge in [0.05, 0.1) is 6.10 Å². The van der Waals surface area contributed by atoms with Crippen LogP contribution >= 0.6 is 0 Å². The van der Waals surface area contributed by atoms with Crippen molar-refractivity contribution in [3.63, 3.8) is 0 Å². The summed E-state index contributed by atoms with van der Waals surface area (Å²) in [6, 6.07) is 0. The molecule has 2 saturated heterocycles. The van der Waals surface area contributed by atoms with Crippen LogP contribution in [-0.2, 0) is 9.63 Å². The highest BCUT2D eigenvalue weighted by molar-refractivity contribution is 5.76. The molecule has 2 rings (SSSR count). The number of carbonyl (C=O) groups is 1. The van der Waals surface area contributed by atoms with Crippen molar-refractivity contribution in [3.05, 3.63) is 0 Å². The van der Waals surface area contributed by atoms with Crippen LogP contribution in [0.1, 0.15) is 19.3 Å². The molecule has 0 aromatic carbocycles. The Bertz CT molecular complexity index is 178. The minimum Gasteiger partial charge on any atom is -0.314 e. The van der Waals surface area contributed by atoms with Gasteiger partial charge in [-0.25, -0.2) is 5.06 Å². The second-order valence-electron chi connectivity index (χ2n) is 3.32. The van der Waals surface area contributed by atoms with E-state index in [0.29, 0.717) is 6.42 Å². The molecule has 1 atom stereocenters. The maximum atomic E-state index is 11.1. The molecule has 12 heavy (non-hydrogen) atoms. The van der Waals surface area contributed by atoms with E-state index < -0.39 is 0 Å². The monoisotopic (exact) mass is 170 g/mol. The standard InChI is InChI=1S/C8H14N2O2/c11-8-2-1-5-10(8)12-7-3-4-9-6-7/h7,9H,1-6H2. The molecule has 0 aliphatic carbocycles. The Kier molecular flexibility index (Phi) is 2.28. The van der Waals surface area contributed by atoms with Gasteiger partial charge in [-0.1, -0.05) is 0 Å². The molecule has 0 bridgehead atoms. The highest BCUT2D eigenvalue weighted by Gasteiger charge is 2.25. The van der Waals surface area contributed by atoms with Gasteiger partial charge in [0.25, 0.3) is 0 Å². The van der Waals surface area contributed by atoms with E-state index in [4.69, 9.17) is 4.84 Å². The Morgan fingerprint density at radius 2 is 2.50 bits per heavy atom. The van der Waals surface area contributed by atoms with Crippen LogP contribution in [0.3, 0.4) is 0 Å². The summed E-state index contributed by atoms with van der Waals surface area (Å²) in [7, 11) is 0. The molecule has 68 valence electrons. The normalized spacial score (nSPS) is 30.2. The van der Waals surface area contributed by atoms with Crippen LogP contribution in [0, 0.1) is 0 Å². The molecule has 2 fully saturated rings. The SMILES string of the molecule is O=C1CCCN1OC1CCNC1. The van der Waals surface area contributed by atoms with E-state index in [2.05, 4.69) is 5.32 Å². The Hall–Kier alpha value is -0.610. The second-order valence-corrected chi connectivity index (χ2v) is 3.32. The van der Waals surface area contributed by atoms with E-state index in [9.17, 15) is 4.79 Å². The summed E-state index contributed by atoms with van der Waals surface area (Å²) < 4.78 is 0. The Labute approximate surface area is 71.8 Å². The lowest BCUT2D eigenvalue weighted by molar-refractivity contribution is -0.193. The van der Waals surface area contributed by atoms with Gasteiger partial charge in [0.15, 0.2) is 0 Å². The molecular formula is C8H14N2O2. The van der Waals surface area contributed by atoms with Crippen molar-refractivity contribution >= 4 is 5.91 Å². The van der Waals surface area contributed by atoms with Gasteiger partial charge >= 0.3 is 0 Å². The van der Waals surface area contributed by atoms with Gasteiger partial charge < -0.3 is 5.32 Å². The van der Waals surface area contributed by atoms with Gasteiger partial charge in [-0.15, -0.1) is 0 Å². The van der Waals surface area contributed by atoms with E-state index in [1.165, 1.54) is 5.06 Å². The maximum absolute atomic E-state index is 11.1. The summed E-state index contributed by atoms with van der Waals surface area (Å²) in [6.45, 7) is 2.66. The molecule has 0 aromatic rings. The zero-order valence-electron chi connectivity index (χ0n) is 7.08. The molecule has 0 radical (unpaired) electrons. The number of rotatable bonds is 2. The Morgan fingerprint density at radius 1 is 1.58 bits per heavy atom. The zero-order chi connectivity index (χ0) is 8.39. The summed E-state index contributed by atoms with van der Waals surface area (Å²) in [4.78, 5) is 16.6. The minimum absolute atomic E-state index is 0.141. The quantitative estimate of drug-likeness (QED) is 0.629. The number of carbonyl (C=O) groups excluding carboxylic acids is 1. The second kappa shape index (κ2) is 3.41. The average molecular weight is 170 g/mol.